The summed E-state index contributed by atoms with van der Waals surface area (Å²) >= 11 is 0. The fraction of sp³-hybridized carbons (Fsp3) is 0.900. The first-order valence-corrected chi connectivity index (χ1v) is 7.71. The highest BCUT2D eigenvalue weighted by Gasteiger charge is 2.33. The van der Waals surface area contributed by atoms with Crippen molar-refractivity contribution in [1.29, 1.82) is 0 Å². The largest absolute Gasteiger partial charge is 0.353 e. The van der Waals surface area contributed by atoms with Crippen molar-refractivity contribution in [2.45, 2.75) is 31.7 Å². The average molecular weight is 300 g/mol. The molecule has 3 N–H and O–H groups in total. The molecule has 1 saturated heterocycles. The van der Waals surface area contributed by atoms with Crippen LogP contribution in [0, 0.1) is 0 Å². The Kier molecular flexibility index (Phi) is 7.13. The standard InChI is InChI=1S/C10H21N3O3S.ClH/c1-10(5-3-4-6-12-10)9(14)11-7-8-13-17(2,15)16;/h12-13H,3-8H2,1-2H3,(H,11,14);1H. The first-order valence-electron chi connectivity index (χ1n) is 5.81. The monoisotopic (exact) mass is 299 g/mol. The summed E-state index contributed by atoms with van der Waals surface area (Å²) in [6.07, 6.45) is 4.05. The van der Waals surface area contributed by atoms with Crippen molar-refractivity contribution in [2.24, 2.45) is 0 Å². The number of carbonyl (C=O) groups is 1. The first kappa shape index (κ1) is 17.6. The van der Waals surface area contributed by atoms with Gasteiger partial charge in [-0.25, -0.2) is 13.1 Å². The van der Waals surface area contributed by atoms with E-state index in [0.717, 1.165) is 32.1 Å². The molecular formula is C10H22ClN3O3S. The summed E-state index contributed by atoms with van der Waals surface area (Å²) < 4.78 is 23.9. The van der Waals surface area contributed by atoms with E-state index in [1.807, 2.05) is 6.92 Å². The van der Waals surface area contributed by atoms with E-state index in [9.17, 15) is 13.2 Å². The van der Waals surface area contributed by atoms with E-state index in [1.165, 1.54) is 0 Å². The molecule has 0 bridgehead atoms. The quantitative estimate of drug-likeness (QED) is 0.603. The molecule has 108 valence electrons. The second kappa shape index (κ2) is 7.28. The molecule has 0 radical (unpaired) electrons. The lowest BCUT2D eigenvalue weighted by molar-refractivity contribution is -0.127. The zero-order chi connectivity index (χ0) is 12.9. The number of halogens is 1. The fourth-order valence-corrected chi connectivity index (χ4v) is 2.33. The van der Waals surface area contributed by atoms with Crippen molar-refractivity contribution in [2.75, 3.05) is 25.9 Å². The van der Waals surface area contributed by atoms with Crippen LogP contribution in [-0.2, 0) is 14.8 Å². The third-order valence-corrected chi connectivity index (χ3v) is 3.62. The molecule has 0 spiro atoms. The number of nitrogens with one attached hydrogen (secondary N) is 3. The smallest absolute Gasteiger partial charge is 0.240 e. The van der Waals surface area contributed by atoms with Crippen LogP contribution in [0.3, 0.4) is 0 Å². The van der Waals surface area contributed by atoms with Crippen molar-refractivity contribution in [3.8, 4) is 0 Å². The molecule has 1 rings (SSSR count). The first-order chi connectivity index (χ1) is 7.83. The van der Waals surface area contributed by atoms with Crippen LogP contribution in [0.15, 0.2) is 0 Å². The third kappa shape index (κ3) is 5.99. The number of carbonyl (C=O) groups excluding carboxylic acids is 1. The Morgan fingerprint density at radius 2 is 2.00 bits per heavy atom. The minimum atomic E-state index is -3.18. The molecule has 0 aromatic heterocycles. The SMILES string of the molecule is CC1(C(=O)NCCNS(C)(=O)=O)CCCCN1.Cl. The van der Waals surface area contributed by atoms with Crippen molar-refractivity contribution >= 4 is 28.3 Å². The molecule has 1 atom stereocenters. The predicted molar refractivity (Wildman–Crippen MR) is 73.4 cm³/mol. The Balaban J connectivity index is 0.00000289. The van der Waals surface area contributed by atoms with Gasteiger partial charge in [-0.1, -0.05) is 0 Å². The normalized spacial score (nSPS) is 24.1. The third-order valence-electron chi connectivity index (χ3n) is 2.89. The molecular weight excluding hydrogens is 278 g/mol. The summed E-state index contributed by atoms with van der Waals surface area (Å²) in [6.45, 7) is 3.26. The van der Waals surface area contributed by atoms with E-state index >= 15 is 0 Å². The maximum Gasteiger partial charge on any atom is 0.240 e. The topological polar surface area (TPSA) is 87.3 Å². The maximum atomic E-state index is 11.9. The van der Waals surface area contributed by atoms with Gasteiger partial charge in [-0.3, -0.25) is 4.79 Å². The lowest BCUT2D eigenvalue weighted by atomic mass is 9.90. The van der Waals surface area contributed by atoms with Gasteiger partial charge in [-0.05, 0) is 32.7 Å². The van der Waals surface area contributed by atoms with E-state index in [4.69, 9.17) is 0 Å². The van der Waals surface area contributed by atoms with Crippen LogP contribution in [-0.4, -0.2) is 45.8 Å². The Morgan fingerprint density at radius 1 is 1.33 bits per heavy atom. The van der Waals surface area contributed by atoms with E-state index in [0.29, 0.717) is 6.54 Å². The van der Waals surface area contributed by atoms with Gasteiger partial charge in [0.05, 0.1) is 11.8 Å². The zero-order valence-corrected chi connectivity index (χ0v) is 12.4. The molecule has 0 saturated carbocycles. The molecule has 0 aromatic rings. The molecule has 0 aromatic carbocycles. The fourth-order valence-electron chi connectivity index (χ4n) is 1.86. The van der Waals surface area contributed by atoms with Gasteiger partial charge >= 0.3 is 0 Å². The summed E-state index contributed by atoms with van der Waals surface area (Å²) in [5, 5.41) is 5.94. The van der Waals surface area contributed by atoms with Crippen LogP contribution in [0.4, 0.5) is 0 Å². The zero-order valence-electron chi connectivity index (χ0n) is 10.8. The van der Waals surface area contributed by atoms with Crippen LogP contribution in [0.25, 0.3) is 0 Å². The average Bonchev–Trinajstić information content (AvgIpc) is 2.24. The van der Waals surface area contributed by atoms with Crippen LogP contribution in [0.2, 0.25) is 0 Å². The molecule has 8 heteroatoms. The minimum Gasteiger partial charge on any atom is -0.353 e. The van der Waals surface area contributed by atoms with Crippen molar-refractivity contribution in [3.63, 3.8) is 0 Å². The van der Waals surface area contributed by atoms with Crippen molar-refractivity contribution in [1.82, 2.24) is 15.4 Å². The Labute approximate surface area is 115 Å². The second-order valence-corrected chi connectivity index (χ2v) is 6.47. The summed E-state index contributed by atoms with van der Waals surface area (Å²) in [6, 6.07) is 0. The molecule has 1 heterocycles. The van der Waals surface area contributed by atoms with Gasteiger partial charge in [-0.2, -0.15) is 0 Å². The van der Waals surface area contributed by atoms with Crippen LogP contribution >= 0.6 is 12.4 Å². The Morgan fingerprint density at radius 3 is 2.50 bits per heavy atom. The molecule has 1 unspecified atom stereocenters. The lowest BCUT2D eigenvalue weighted by Crippen LogP contribution is -2.57. The summed E-state index contributed by atoms with van der Waals surface area (Å²) in [5.41, 5.74) is -0.511. The van der Waals surface area contributed by atoms with Crippen LogP contribution in [0.1, 0.15) is 26.2 Å². The number of hydrogen-bond donors (Lipinski definition) is 3. The number of piperidine rings is 1. The summed E-state index contributed by atoms with van der Waals surface area (Å²) in [4.78, 5) is 11.9. The minimum absolute atomic E-state index is 0. The maximum absolute atomic E-state index is 11.9. The van der Waals surface area contributed by atoms with Gasteiger partial charge in [-0.15, -0.1) is 12.4 Å². The van der Waals surface area contributed by atoms with Crippen molar-refractivity contribution < 1.29 is 13.2 Å². The van der Waals surface area contributed by atoms with Gasteiger partial charge in [0.2, 0.25) is 15.9 Å². The number of sulfonamides is 1. The van der Waals surface area contributed by atoms with E-state index in [2.05, 4.69) is 15.4 Å². The second-order valence-electron chi connectivity index (χ2n) is 4.64. The van der Waals surface area contributed by atoms with Gasteiger partial charge in [0.25, 0.3) is 0 Å². The molecule has 1 fully saturated rings. The summed E-state index contributed by atoms with van der Waals surface area (Å²) in [7, 11) is -3.18. The van der Waals surface area contributed by atoms with E-state index in [-0.39, 0.29) is 24.9 Å². The molecule has 1 aliphatic heterocycles. The van der Waals surface area contributed by atoms with Gasteiger partial charge in [0, 0.05) is 13.1 Å². The van der Waals surface area contributed by atoms with Gasteiger partial charge < -0.3 is 10.6 Å². The Hall–Kier alpha value is -0.370. The summed E-state index contributed by atoms with van der Waals surface area (Å²) in [5.74, 6) is -0.0625. The Bertz CT molecular complexity index is 367. The van der Waals surface area contributed by atoms with Crippen LogP contribution < -0.4 is 15.4 Å². The van der Waals surface area contributed by atoms with Gasteiger partial charge in [0.1, 0.15) is 0 Å². The highest BCUT2D eigenvalue weighted by atomic mass is 35.5. The molecule has 1 aliphatic rings. The molecule has 18 heavy (non-hydrogen) atoms. The highest BCUT2D eigenvalue weighted by molar-refractivity contribution is 7.88. The van der Waals surface area contributed by atoms with Gasteiger partial charge in [0.15, 0.2) is 0 Å². The van der Waals surface area contributed by atoms with Crippen LogP contribution in [0.5, 0.6) is 0 Å². The number of rotatable bonds is 5. The molecule has 6 nitrogen and oxygen atoms in total. The van der Waals surface area contributed by atoms with E-state index < -0.39 is 15.6 Å². The predicted octanol–water partition coefficient (Wildman–Crippen LogP) is -0.394. The lowest BCUT2D eigenvalue weighted by Gasteiger charge is -2.33. The molecule has 1 amide bonds. The number of amides is 1. The highest BCUT2D eigenvalue weighted by Crippen LogP contribution is 2.18. The number of hydrogen-bond acceptors (Lipinski definition) is 4. The molecule has 0 aliphatic carbocycles. The van der Waals surface area contributed by atoms with E-state index in [1.54, 1.807) is 0 Å². The van der Waals surface area contributed by atoms with Crippen molar-refractivity contribution in [3.05, 3.63) is 0 Å².